The first kappa shape index (κ1) is 16.4. The molecule has 1 fully saturated rings. The SMILES string of the molecule is Cc1[nH]nc(CO)c1S(=O)(=O)N1CCN(CC(C)C)CC1. The number of aliphatic hydroxyl groups excluding tert-OH is 1. The lowest BCUT2D eigenvalue weighted by molar-refractivity contribution is 0.172. The van der Waals surface area contributed by atoms with Crippen molar-refractivity contribution in [2.75, 3.05) is 32.7 Å². The highest BCUT2D eigenvalue weighted by atomic mass is 32.2. The molecule has 1 aliphatic heterocycles. The molecular weight excluding hydrogens is 292 g/mol. The zero-order valence-electron chi connectivity index (χ0n) is 12.8. The van der Waals surface area contributed by atoms with Crippen LogP contribution >= 0.6 is 0 Å². The summed E-state index contributed by atoms with van der Waals surface area (Å²) in [6.45, 7) is 9.01. The Kier molecular flexibility index (Phi) is 5.03. The minimum absolute atomic E-state index is 0.127. The second-order valence-corrected chi connectivity index (χ2v) is 7.76. The number of nitrogens with zero attached hydrogens (tertiary/aromatic N) is 3. The number of aromatic nitrogens is 2. The van der Waals surface area contributed by atoms with Crippen LogP contribution in [-0.2, 0) is 16.6 Å². The number of hydrogen-bond acceptors (Lipinski definition) is 5. The second-order valence-electron chi connectivity index (χ2n) is 5.88. The van der Waals surface area contributed by atoms with Gasteiger partial charge in [0.1, 0.15) is 10.6 Å². The van der Waals surface area contributed by atoms with Crippen LogP contribution in [0.5, 0.6) is 0 Å². The third-order valence-electron chi connectivity index (χ3n) is 3.66. The van der Waals surface area contributed by atoms with Gasteiger partial charge in [-0.15, -0.1) is 0 Å². The van der Waals surface area contributed by atoms with E-state index in [2.05, 4.69) is 28.9 Å². The van der Waals surface area contributed by atoms with Crippen LogP contribution in [0.25, 0.3) is 0 Å². The summed E-state index contributed by atoms with van der Waals surface area (Å²) < 4.78 is 26.9. The van der Waals surface area contributed by atoms with E-state index in [0.29, 0.717) is 24.7 Å². The van der Waals surface area contributed by atoms with Gasteiger partial charge in [-0.05, 0) is 12.8 Å². The van der Waals surface area contributed by atoms with E-state index in [-0.39, 0.29) is 17.2 Å². The monoisotopic (exact) mass is 316 g/mol. The van der Waals surface area contributed by atoms with Gasteiger partial charge in [-0.25, -0.2) is 8.42 Å². The largest absolute Gasteiger partial charge is 0.390 e. The molecule has 8 heteroatoms. The Morgan fingerprint density at radius 3 is 2.43 bits per heavy atom. The van der Waals surface area contributed by atoms with Gasteiger partial charge in [0.15, 0.2) is 0 Å². The number of aromatic amines is 1. The molecular formula is C13H24N4O3S. The van der Waals surface area contributed by atoms with Gasteiger partial charge in [-0.3, -0.25) is 5.10 Å². The molecule has 1 aromatic rings. The van der Waals surface area contributed by atoms with Crippen molar-refractivity contribution in [1.29, 1.82) is 0 Å². The normalized spacial score (nSPS) is 18.5. The first-order valence-corrected chi connectivity index (χ1v) is 8.67. The van der Waals surface area contributed by atoms with Crippen LogP contribution < -0.4 is 0 Å². The zero-order chi connectivity index (χ0) is 15.6. The highest BCUT2D eigenvalue weighted by Crippen LogP contribution is 2.23. The predicted octanol–water partition coefficient (Wildman–Crippen LogP) is 0.173. The average Bonchev–Trinajstić information content (AvgIpc) is 2.80. The highest BCUT2D eigenvalue weighted by molar-refractivity contribution is 7.89. The first-order chi connectivity index (χ1) is 9.86. The lowest BCUT2D eigenvalue weighted by Gasteiger charge is -2.34. The van der Waals surface area contributed by atoms with Crippen molar-refractivity contribution in [2.24, 2.45) is 5.92 Å². The average molecular weight is 316 g/mol. The molecule has 0 saturated carbocycles. The number of hydrogen-bond donors (Lipinski definition) is 2. The molecule has 0 aliphatic carbocycles. The molecule has 0 atom stereocenters. The fraction of sp³-hybridized carbons (Fsp3) is 0.769. The minimum atomic E-state index is -3.59. The quantitative estimate of drug-likeness (QED) is 0.808. The summed E-state index contributed by atoms with van der Waals surface area (Å²) in [6.07, 6.45) is 0. The standard InChI is InChI=1S/C13H24N4O3S/c1-10(2)8-16-4-6-17(7-5-16)21(19,20)13-11(3)14-15-12(13)9-18/h10,18H,4-9H2,1-3H3,(H,14,15). The van der Waals surface area contributed by atoms with Crippen molar-refractivity contribution in [1.82, 2.24) is 19.4 Å². The van der Waals surface area contributed by atoms with Crippen LogP contribution in [0.1, 0.15) is 25.2 Å². The number of rotatable bonds is 5. The Morgan fingerprint density at radius 1 is 1.29 bits per heavy atom. The number of H-pyrrole nitrogens is 1. The summed E-state index contributed by atoms with van der Waals surface area (Å²) in [5.41, 5.74) is 0.667. The van der Waals surface area contributed by atoms with Gasteiger partial charge >= 0.3 is 0 Å². The third-order valence-corrected chi connectivity index (χ3v) is 5.77. The van der Waals surface area contributed by atoms with Crippen LogP contribution in [0.2, 0.25) is 0 Å². The number of aliphatic hydroxyl groups is 1. The summed E-state index contributed by atoms with van der Waals surface area (Å²) in [5.74, 6) is 0.574. The molecule has 0 amide bonds. The van der Waals surface area contributed by atoms with Crippen molar-refractivity contribution in [3.8, 4) is 0 Å². The molecule has 2 N–H and O–H groups in total. The fourth-order valence-corrected chi connectivity index (χ4v) is 4.46. The van der Waals surface area contributed by atoms with E-state index in [0.717, 1.165) is 19.6 Å². The van der Waals surface area contributed by atoms with E-state index < -0.39 is 10.0 Å². The van der Waals surface area contributed by atoms with Gasteiger partial charge in [-0.1, -0.05) is 13.8 Å². The van der Waals surface area contributed by atoms with Crippen molar-refractivity contribution in [3.63, 3.8) is 0 Å². The Morgan fingerprint density at radius 2 is 1.90 bits per heavy atom. The topological polar surface area (TPSA) is 89.5 Å². The van der Waals surface area contributed by atoms with E-state index in [4.69, 9.17) is 0 Å². The van der Waals surface area contributed by atoms with E-state index in [1.54, 1.807) is 6.92 Å². The molecule has 1 aliphatic rings. The number of piperazine rings is 1. The van der Waals surface area contributed by atoms with Crippen LogP contribution in [-0.4, -0.2) is 65.7 Å². The molecule has 1 saturated heterocycles. The van der Waals surface area contributed by atoms with E-state index >= 15 is 0 Å². The molecule has 1 aromatic heterocycles. The molecule has 2 heterocycles. The minimum Gasteiger partial charge on any atom is -0.390 e. The summed E-state index contributed by atoms with van der Waals surface area (Å²) in [5, 5.41) is 15.8. The van der Waals surface area contributed by atoms with Crippen molar-refractivity contribution >= 4 is 10.0 Å². The number of sulfonamides is 1. The molecule has 2 rings (SSSR count). The summed E-state index contributed by atoms with van der Waals surface area (Å²) in [4.78, 5) is 2.41. The lowest BCUT2D eigenvalue weighted by Crippen LogP contribution is -2.49. The Bertz CT molecular complexity index is 574. The number of aryl methyl sites for hydroxylation is 1. The first-order valence-electron chi connectivity index (χ1n) is 7.23. The highest BCUT2D eigenvalue weighted by Gasteiger charge is 2.32. The number of nitrogens with one attached hydrogen (secondary N) is 1. The van der Waals surface area contributed by atoms with Crippen molar-refractivity contribution in [3.05, 3.63) is 11.4 Å². The third kappa shape index (κ3) is 3.45. The second kappa shape index (κ2) is 6.43. The maximum atomic E-state index is 12.7. The molecule has 21 heavy (non-hydrogen) atoms. The smallest absolute Gasteiger partial charge is 0.246 e. The van der Waals surface area contributed by atoms with Crippen LogP contribution in [0.3, 0.4) is 0 Å². The van der Waals surface area contributed by atoms with Gasteiger partial charge in [0.25, 0.3) is 0 Å². The predicted molar refractivity (Wildman–Crippen MR) is 79.3 cm³/mol. The van der Waals surface area contributed by atoms with Crippen molar-refractivity contribution in [2.45, 2.75) is 32.3 Å². The zero-order valence-corrected chi connectivity index (χ0v) is 13.7. The molecule has 120 valence electrons. The van der Waals surface area contributed by atoms with Crippen LogP contribution in [0, 0.1) is 12.8 Å². The summed E-state index contributed by atoms with van der Waals surface area (Å²) in [6, 6.07) is 0. The van der Waals surface area contributed by atoms with Gasteiger partial charge in [-0.2, -0.15) is 9.40 Å². The van der Waals surface area contributed by atoms with Gasteiger partial charge in [0, 0.05) is 32.7 Å². The van der Waals surface area contributed by atoms with E-state index in [1.807, 2.05) is 0 Å². The Balaban J connectivity index is 2.13. The molecule has 0 unspecified atom stereocenters. The molecule has 0 radical (unpaired) electrons. The fourth-order valence-electron chi connectivity index (χ4n) is 2.72. The molecule has 7 nitrogen and oxygen atoms in total. The van der Waals surface area contributed by atoms with Gasteiger partial charge in [0.05, 0.1) is 12.3 Å². The van der Waals surface area contributed by atoms with Crippen LogP contribution in [0.15, 0.2) is 4.90 Å². The van der Waals surface area contributed by atoms with Gasteiger partial charge in [0.2, 0.25) is 10.0 Å². The molecule has 0 bridgehead atoms. The van der Waals surface area contributed by atoms with Crippen molar-refractivity contribution < 1.29 is 13.5 Å². The maximum Gasteiger partial charge on any atom is 0.246 e. The summed E-state index contributed by atoms with van der Waals surface area (Å²) in [7, 11) is -3.59. The van der Waals surface area contributed by atoms with E-state index in [1.165, 1.54) is 4.31 Å². The Labute approximate surface area is 126 Å². The maximum absolute atomic E-state index is 12.7. The van der Waals surface area contributed by atoms with E-state index in [9.17, 15) is 13.5 Å². The van der Waals surface area contributed by atoms with Gasteiger partial charge < -0.3 is 10.0 Å². The summed E-state index contributed by atoms with van der Waals surface area (Å²) >= 11 is 0. The lowest BCUT2D eigenvalue weighted by atomic mass is 10.2. The Hall–Kier alpha value is -0.960. The molecule has 0 aromatic carbocycles. The van der Waals surface area contributed by atoms with Crippen LogP contribution in [0.4, 0.5) is 0 Å². The molecule has 0 spiro atoms.